The Morgan fingerprint density at radius 3 is 2.72 bits per heavy atom. The van der Waals surface area contributed by atoms with Gasteiger partial charge in [0.2, 0.25) is 0 Å². The quantitative estimate of drug-likeness (QED) is 0.279. The second-order valence-corrected chi connectivity index (χ2v) is 7.74. The normalized spacial score (nSPS) is 18.0. The molecular formula is C21H25N5O5S. The van der Waals surface area contributed by atoms with Crippen molar-refractivity contribution in [1.82, 2.24) is 20.4 Å². The largest absolute Gasteiger partial charge is 0.496 e. The van der Waals surface area contributed by atoms with Gasteiger partial charge in [-0.25, -0.2) is 0 Å². The molecule has 32 heavy (non-hydrogen) atoms. The highest BCUT2D eigenvalue weighted by atomic mass is 32.1. The highest BCUT2D eigenvalue weighted by Crippen LogP contribution is 2.34. The molecule has 2 N–H and O–H groups in total. The fraction of sp³-hybridized carbons (Fsp3) is 0.381. The van der Waals surface area contributed by atoms with Gasteiger partial charge in [-0.3, -0.25) is 19.6 Å². The lowest BCUT2D eigenvalue weighted by molar-refractivity contribution is -0.386. The number of aromatic nitrogens is 2. The van der Waals surface area contributed by atoms with Gasteiger partial charge in [-0.05, 0) is 50.7 Å². The lowest BCUT2D eigenvalue weighted by atomic mass is 9.88. The van der Waals surface area contributed by atoms with Gasteiger partial charge < -0.3 is 20.1 Å². The van der Waals surface area contributed by atoms with Crippen molar-refractivity contribution in [2.24, 2.45) is 5.92 Å². The van der Waals surface area contributed by atoms with Gasteiger partial charge in [0.1, 0.15) is 23.1 Å². The smallest absolute Gasteiger partial charge is 0.317 e. The van der Waals surface area contributed by atoms with E-state index in [0.29, 0.717) is 27.9 Å². The second-order valence-electron chi connectivity index (χ2n) is 7.34. The van der Waals surface area contributed by atoms with Crippen molar-refractivity contribution in [3.63, 3.8) is 0 Å². The number of aryl methyl sites for hydroxylation is 1. The fourth-order valence-electron chi connectivity index (χ4n) is 3.85. The number of hydrogen-bond acceptors (Lipinski definition) is 7. The highest BCUT2D eigenvalue weighted by Gasteiger charge is 2.38. The summed E-state index contributed by atoms with van der Waals surface area (Å²) in [7, 11) is 1.54. The summed E-state index contributed by atoms with van der Waals surface area (Å²) in [5.74, 6) is -0.527. The zero-order valence-electron chi connectivity index (χ0n) is 18.3. The first-order valence-corrected chi connectivity index (χ1v) is 10.4. The summed E-state index contributed by atoms with van der Waals surface area (Å²) in [6, 6.07) is 4.97. The Kier molecular flexibility index (Phi) is 6.78. The molecule has 1 aliphatic heterocycles. The van der Waals surface area contributed by atoms with E-state index in [1.54, 1.807) is 38.6 Å². The molecule has 3 rings (SSSR count). The fourth-order valence-corrected chi connectivity index (χ4v) is 4.11. The number of rotatable bonds is 7. The molecule has 0 saturated carbocycles. The summed E-state index contributed by atoms with van der Waals surface area (Å²) in [6.07, 6.45) is 0. The molecule has 11 heteroatoms. The molecule has 2 atom stereocenters. The SMILES string of the molecule is C=C1NC(=S)N[C@@H](c2ccc(OC)c(Cn3nc(C)c([N+](=O)[O-])c3C)c2)[C@@H]1C(=O)OCC. The van der Waals surface area contributed by atoms with Crippen LogP contribution in [-0.4, -0.2) is 39.5 Å². The van der Waals surface area contributed by atoms with E-state index in [9.17, 15) is 14.9 Å². The number of carbonyl (C=O) groups excluding carboxylic acids is 1. The van der Waals surface area contributed by atoms with Crippen molar-refractivity contribution in [3.8, 4) is 5.75 Å². The number of ether oxygens (including phenoxy) is 2. The zero-order valence-corrected chi connectivity index (χ0v) is 19.1. The maximum Gasteiger partial charge on any atom is 0.317 e. The number of nitro groups is 1. The number of carbonyl (C=O) groups is 1. The molecular weight excluding hydrogens is 434 g/mol. The third-order valence-electron chi connectivity index (χ3n) is 5.32. The molecule has 0 spiro atoms. The monoisotopic (exact) mass is 459 g/mol. The maximum atomic E-state index is 12.6. The van der Waals surface area contributed by atoms with Gasteiger partial charge in [0.05, 0.1) is 31.2 Å². The minimum Gasteiger partial charge on any atom is -0.496 e. The van der Waals surface area contributed by atoms with Crippen LogP contribution in [0.2, 0.25) is 0 Å². The van der Waals surface area contributed by atoms with E-state index in [4.69, 9.17) is 21.7 Å². The average Bonchev–Trinajstić information content (AvgIpc) is 3.00. The van der Waals surface area contributed by atoms with E-state index >= 15 is 0 Å². The molecule has 0 amide bonds. The summed E-state index contributed by atoms with van der Waals surface area (Å²) >= 11 is 5.27. The van der Waals surface area contributed by atoms with Crippen molar-refractivity contribution < 1.29 is 19.2 Å². The predicted molar refractivity (Wildman–Crippen MR) is 121 cm³/mol. The van der Waals surface area contributed by atoms with E-state index in [1.165, 1.54) is 0 Å². The molecule has 2 aromatic rings. The molecule has 0 unspecified atom stereocenters. The van der Waals surface area contributed by atoms with Crippen LogP contribution in [0.15, 0.2) is 30.5 Å². The van der Waals surface area contributed by atoms with Gasteiger partial charge >= 0.3 is 11.7 Å². The van der Waals surface area contributed by atoms with Crippen LogP contribution in [0.1, 0.15) is 35.5 Å². The maximum absolute atomic E-state index is 12.6. The van der Waals surface area contributed by atoms with Gasteiger partial charge in [-0.1, -0.05) is 12.6 Å². The van der Waals surface area contributed by atoms with Crippen LogP contribution in [-0.2, 0) is 16.1 Å². The average molecular weight is 460 g/mol. The van der Waals surface area contributed by atoms with Gasteiger partial charge in [-0.15, -0.1) is 0 Å². The van der Waals surface area contributed by atoms with E-state index in [2.05, 4.69) is 22.3 Å². The first kappa shape index (κ1) is 23.2. The molecule has 1 aliphatic rings. The Balaban J connectivity index is 2.02. The number of hydrogen-bond donors (Lipinski definition) is 2. The minimum absolute atomic E-state index is 0.0100. The third kappa shape index (κ3) is 4.42. The van der Waals surface area contributed by atoms with E-state index in [1.807, 2.05) is 12.1 Å². The number of benzene rings is 1. The Bertz CT molecular complexity index is 1100. The first-order chi connectivity index (χ1) is 15.2. The van der Waals surface area contributed by atoms with Crippen LogP contribution >= 0.6 is 12.2 Å². The molecule has 0 radical (unpaired) electrons. The zero-order chi connectivity index (χ0) is 23.6. The van der Waals surface area contributed by atoms with E-state index in [0.717, 1.165) is 11.1 Å². The number of esters is 1. The summed E-state index contributed by atoms with van der Waals surface area (Å²) in [5, 5.41) is 22.1. The van der Waals surface area contributed by atoms with Gasteiger partial charge in [0.15, 0.2) is 5.11 Å². The van der Waals surface area contributed by atoms with Crippen LogP contribution in [0, 0.1) is 29.9 Å². The lowest BCUT2D eigenvalue weighted by Gasteiger charge is -2.35. The molecule has 0 aliphatic carbocycles. The Hall–Kier alpha value is -3.47. The third-order valence-corrected chi connectivity index (χ3v) is 5.54. The van der Waals surface area contributed by atoms with Crippen molar-refractivity contribution in [2.45, 2.75) is 33.4 Å². The summed E-state index contributed by atoms with van der Waals surface area (Å²) < 4.78 is 12.3. The summed E-state index contributed by atoms with van der Waals surface area (Å²) in [5.41, 5.74) is 2.73. The number of thiocarbonyl (C=S) groups is 1. The van der Waals surface area contributed by atoms with Crippen LogP contribution in [0.4, 0.5) is 5.69 Å². The summed E-state index contributed by atoms with van der Waals surface area (Å²) in [6.45, 7) is 9.43. The molecule has 0 bridgehead atoms. The van der Waals surface area contributed by atoms with Crippen molar-refractivity contribution in [2.75, 3.05) is 13.7 Å². The standard InChI is InChI=1S/C21H25N5O5S/c1-6-31-20(27)17-11(2)22-21(32)23-18(17)14-7-8-16(30-5)15(9-14)10-25-13(4)19(26(28)29)12(3)24-25/h7-9,17-18H,2,6,10H2,1,3-5H3,(H2,22,23,32)/t17-,18+/m1/s1. The topological polar surface area (TPSA) is 121 Å². The van der Waals surface area contributed by atoms with E-state index in [-0.39, 0.29) is 18.8 Å². The molecule has 1 saturated heterocycles. The Labute approximate surface area is 190 Å². The van der Waals surface area contributed by atoms with Gasteiger partial charge in [-0.2, -0.15) is 5.10 Å². The molecule has 170 valence electrons. The lowest BCUT2D eigenvalue weighted by Crippen LogP contribution is -2.51. The van der Waals surface area contributed by atoms with Crippen molar-refractivity contribution in [3.05, 3.63) is 63.1 Å². The Morgan fingerprint density at radius 2 is 2.12 bits per heavy atom. The van der Waals surface area contributed by atoms with Crippen molar-refractivity contribution in [1.29, 1.82) is 0 Å². The van der Waals surface area contributed by atoms with Crippen LogP contribution in [0.5, 0.6) is 5.75 Å². The molecule has 1 fully saturated rings. The molecule has 1 aromatic heterocycles. The number of methoxy groups -OCH3 is 1. The predicted octanol–water partition coefficient (Wildman–Crippen LogP) is 2.68. The first-order valence-electron chi connectivity index (χ1n) is 9.96. The van der Waals surface area contributed by atoms with Crippen LogP contribution in [0.25, 0.3) is 0 Å². The molecule has 10 nitrogen and oxygen atoms in total. The van der Waals surface area contributed by atoms with E-state index < -0.39 is 22.9 Å². The van der Waals surface area contributed by atoms with Gasteiger partial charge in [0, 0.05) is 11.3 Å². The van der Waals surface area contributed by atoms with Crippen LogP contribution in [0.3, 0.4) is 0 Å². The van der Waals surface area contributed by atoms with Gasteiger partial charge in [0.25, 0.3) is 0 Å². The summed E-state index contributed by atoms with van der Waals surface area (Å²) in [4.78, 5) is 23.6. The Morgan fingerprint density at radius 1 is 1.41 bits per heavy atom. The highest BCUT2D eigenvalue weighted by molar-refractivity contribution is 7.80. The van der Waals surface area contributed by atoms with Crippen LogP contribution < -0.4 is 15.4 Å². The molecule has 2 heterocycles. The molecule has 1 aromatic carbocycles. The minimum atomic E-state index is -0.697. The number of nitrogens with zero attached hydrogens (tertiary/aromatic N) is 3. The second kappa shape index (κ2) is 9.35. The number of nitrogens with one attached hydrogen (secondary N) is 2. The van der Waals surface area contributed by atoms with Crippen molar-refractivity contribution >= 4 is 29.0 Å².